The molecule has 0 aliphatic carbocycles. The molecule has 2 aromatic rings. The van der Waals surface area contributed by atoms with Gasteiger partial charge in [-0.05, 0) is 39.6 Å². The summed E-state index contributed by atoms with van der Waals surface area (Å²) in [5, 5.41) is 1.76. The predicted octanol–water partition coefficient (Wildman–Crippen LogP) is 3.40. The number of nitrogens with zero attached hydrogens (tertiary/aromatic N) is 1. The van der Waals surface area contributed by atoms with E-state index in [2.05, 4.69) is 36.2 Å². The van der Waals surface area contributed by atoms with Crippen LogP contribution in [0, 0.1) is 0 Å². The SMILES string of the molecule is Nc1snc2c(Br)cc(Br)cc12. The number of halogens is 2. The van der Waals surface area contributed by atoms with Crippen LogP contribution in [0.3, 0.4) is 0 Å². The van der Waals surface area contributed by atoms with Crippen molar-refractivity contribution in [3.63, 3.8) is 0 Å². The smallest absolute Gasteiger partial charge is 0.114 e. The first-order valence-corrected chi connectivity index (χ1v) is 5.54. The van der Waals surface area contributed by atoms with Crippen molar-refractivity contribution in [1.29, 1.82) is 0 Å². The highest BCUT2D eigenvalue weighted by atomic mass is 79.9. The molecule has 0 saturated heterocycles. The molecule has 1 heterocycles. The van der Waals surface area contributed by atoms with Gasteiger partial charge in [-0.3, -0.25) is 0 Å². The van der Waals surface area contributed by atoms with E-state index in [1.807, 2.05) is 12.1 Å². The number of aromatic nitrogens is 1. The summed E-state index contributed by atoms with van der Waals surface area (Å²) < 4.78 is 6.19. The van der Waals surface area contributed by atoms with Gasteiger partial charge in [-0.15, -0.1) is 0 Å². The molecule has 0 unspecified atom stereocenters. The molecule has 0 amide bonds. The fourth-order valence-corrected chi connectivity index (χ4v) is 3.06. The summed E-state index contributed by atoms with van der Waals surface area (Å²) in [6.45, 7) is 0. The Kier molecular flexibility index (Phi) is 2.10. The third-order valence-electron chi connectivity index (χ3n) is 1.53. The van der Waals surface area contributed by atoms with Crippen molar-refractivity contribution in [3.8, 4) is 0 Å². The Bertz CT molecular complexity index is 438. The van der Waals surface area contributed by atoms with Crippen LogP contribution in [-0.2, 0) is 0 Å². The van der Waals surface area contributed by atoms with E-state index in [0.29, 0.717) is 0 Å². The van der Waals surface area contributed by atoms with Gasteiger partial charge in [0.15, 0.2) is 0 Å². The monoisotopic (exact) mass is 306 g/mol. The molecule has 12 heavy (non-hydrogen) atoms. The highest BCUT2D eigenvalue weighted by Crippen LogP contribution is 2.33. The molecular formula is C7H4Br2N2S. The van der Waals surface area contributed by atoms with Crippen LogP contribution in [-0.4, -0.2) is 4.37 Å². The molecule has 62 valence electrons. The van der Waals surface area contributed by atoms with Crippen LogP contribution in [0.15, 0.2) is 21.1 Å². The van der Waals surface area contributed by atoms with E-state index < -0.39 is 0 Å². The van der Waals surface area contributed by atoms with E-state index in [1.165, 1.54) is 11.5 Å². The molecule has 2 rings (SSSR count). The number of anilines is 1. The lowest BCUT2D eigenvalue weighted by atomic mass is 10.2. The van der Waals surface area contributed by atoms with Crippen molar-refractivity contribution in [2.24, 2.45) is 0 Å². The highest BCUT2D eigenvalue weighted by molar-refractivity contribution is 9.11. The number of hydrogen-bond donors (Lipinski definition) is 1. The summed E-state index contributed by atoms with van der Waals surface area (Å²) in [5.41, 5.74) is 6.66. The second-order valence-electron chi connectivity index (χ2n) is 2.33. The molecule has 2 nitrogen and oxygen atoms in total. The molecule has 0 bridgehead atoms. The number of nitrogens with two attached hydrogens (primary N) is 1. The molecule has 1 aromatic carbocycles. The second-order valence-corrected chi connectivity index (χ2v) is 4.91. The van der Waals surface area contributed by atoms with Crippen molar-refractivity contribution in [3.05, 3.63) is 21.1 Å². The van der Waals surface area contributed by atoms with Crippen LogP contribution in [0.1, 0.15) is 0 Å². The molecular weight excluding hydrogens is 304 g/mol. The number of fused-ring (bicyclic) bond motifs is 1. The molecule has 5 heteroatoms. The number of hydrogen-bond acceptors (Lipinski definition) is 3. The van der Waals surface area contributed by atoms with E-state index in [9.17, 15) is 0 Å². The molecule has 0 spiro atoms. The van der Waals surface area contributed by atoms with Gasteiger partial charge in [0.25, 0.3) is 0 Å². The maximum atomic E-state index is 5.73. The van der Waals surface area contributed by atoms with E-state index in [4.69, 9.17) is 5.73 Å². The Morgan fingerprint density at radius 3 is 2.83 bits per heavy atom. The number of rotatable bonds is 0. The standard InChI is InChI=1S/C7H4Br2N2S/c8-3-1-4-6(5(9)2-3)11-12-7(4)10/h1-2H,10H2. The first-order chi connectivity index (χ1) is 5.68. The molecule has 2 N–H and O–H groups in total. The van der Waals surface area contributed by atoms with Crippen molar-refractivity contribution in [2.75, 3.05) is 5.73 Å². The second kappa shape index (κ2) is 2.97. The lowest BCUT2D eigenvalue weighted by Gasteiger charge is -1.94. The summed E-state index contributed by atoms with van der Waals surface area (Å²) in [6.07, 6.45) is 0. The molecule has 0 fully saturated rings. The van der Waals surface area contributed by atoms with Gasteiger partial charge in [-0.1, -0.05) is 15.9 Å². The molecule has 0 atom stereocenters. The van der Waals surface area contributed by atoms with Gasteiger partial charge in [0.2, 0.25) is 0 Å². The predicted molar refractivity (Wildman–Crippen MR) is 59.4 cm³/mol. The van der Waals surface area contributed by atoms with Crippen LogP contribution in [0.25, 0.3) is 10.9 Å². The molecule has 0 aliphatic heterocycles. The first-order valence-electron chi connectivity index (χ1n) is 3.18. The van der Waals surface area contributed by atoms with Crippen molar-refractivity contribution >= 4 is 59.3 Å². The minimum absolute atomic E-state index is 0.756. The van der Waals surface area contributed by atoms with Gasteiger partial charge < -0.3 is 5.73 Å². The normalized spacial score (nSPS) is 10.8. The van der Waals surface area contributed by atoms with Crippen LogP contribution >= 0.6 is 43.4 Å². The maximum absolute atomic E-state index is 5.73. The van der Waals surface area contributed by atoms with Crippen molar-refractivity contribution in [2.45, 2.75) is 0 Å². The van der Waals surface area contributed by atoms with Crippen LogP contribution in [0.5, 0.6) is 0 Å². The van der Waals surface area contributed by atoms with Gasteiger partial charge in [-0.25, -0.2) is 0 Å². The van der Waals surface area contributed by atoms with Crippen LogP contribution in [0.2, 0.25) is 0 Å². The van der Waals surface area contributed by atoms with Crippen molar-refractivity contribution < 1.29 is 0 Å². The lowest BCUT2D eigenvalue weighted by molar-refractivity contribution is 1.60. The fourth-order valence-electron chi connectivity index (χ4n) is 0.991. The van der Waals surface area contributed by atoms with E-state index >= 15 is 0 Å². The van der Waals surface area contributed by atoms with Gasteiger partial charge >= 0.3 is 0 Å². The lowest BCUT2D eigenvalue weighted by Crippen LogP contribution is -1.79. The number of nitrogen functional groups attached to an aromatic ring is 1. The topological polar surface area (TPSA) is 38.9 Å². The van der Waals surface area contributed by atoms with E-state index in [-0.39, 0.29) is 0 Å². The Labute approximate surface area is 90.2 Å². The summed E-state index contributed by atoms with van der Waals surface area (Å²) in [5.74, 6) is 0. The third kappa shape index (κ3) is 1.26. The van der Waals surface area contributed by atoms with E-state index in [1.54, 1.807) is 0 Å². The zero-order valence-corrected chi connectivity index (χ0v) is 9.83. The molecule has 0 saturated carbocycles. The van der Waals surface area contributed by atoms with Gasteiger partial charge in [-0.2, -0.15) is 4.37 Å². The Morgan fingerprint density at radius 1 is 1.33 bits per heavy atom. The average molecular weight is 308 g/mol. The minimum atomic E-state index is 0.756. The summed E-state index contributed by atoms with van der Waals surface area (Å²) in [4.78, 5) is 0. The quantitative estimate of drug-likeness (QED) is 0.810. The fraction of sp³-hybridized carbons (Fsp3) is 0. The highest BCUT2D eigenvalue weighted by Gasteiger charge is 2.06. The molecule has 0 radical (unpaired) electrons. The summed E-state index contributed by atoms with van der Waals surface area (Å²) in [7, 11) is 0. The minimum Gasteiger partial charge on any atom is -0.389 e. The molecule has 1 aromatic heterocycles. The van der Waals surface area contributed by atoms with Crippen molar-refractivity contribution in [1.82, 2.24) is 4.37 Å². The summed E-state index contributed by atoms with van der Waals surface area (Å²) >= 11 is 8.13. The third-order valence-corrected chi connectivity index (χ3v) is 3.28. The first kappa shape index (κ1) is 8.47. The zero-order chi connectivity index (χ0) is 8.72. The Balaban J connectivity index is 2.92. The molecule has 0 aliphatic rings. The van der Waals surface area contributed by atoms with Gasteiger partial charge in [0.1, 0.15) is 10.5 Å². The zero-order valence-electron chi connectivity index (χ0n) is 5.84. The average Bonchev–Trinajstić information content (AvgIpc) is 2.33. The maximum Gasteiger partial charge on any atom is 0.114 e. The summed E-state index contributed by atoms with van der Waals surface area (Å²) in [6, 6.07) is 3.93. The van der Waals surface area contributed by atoms with Crippen LogP contribution in [0.4, 0.5) is 5.00 Å². The van der Waals surface area contributed by atoms with Gasteiger partial charge in [0, 0.05) is 14.3 Å². The Hall–Kier alpha value is -0.130. The van der Waals surface area contributed by atoms with Gasteiger partial charge in [0.05, 0.1) is 0 Å². The number of benzene rings is 1. The Morgan fingerprint density at radius 2 is 2.08 bits per heavy atom. The van der Waals surface area contributed by atoms with E-state index in [0.717, 1.165) is 24.8 Å². The van der Waals surface area contributed by atoms with Crippen LogP contribution < -0.4 is 5.73 Å². The largest absolute Gasteiger partial charge is 0.389 e.